The largest absolute Gasteiger partial charge is 0.444 e. The molecule has 8 nitrogen and oxygen atoms in total. The highest BCUT2D eigenvalue weighted by molar-refractivity contribution is 7.91. The van der Waals surface area contributed by atoms with Gasteiger partial charge in [0.15, 0.2) is 5.96 Å². The molecule has 0 amide bonds. The van der Waals surface area contributed by atoms with Crippen molar-refractivity contribution in [1.29, 1.82) is 0 Å². The fraction of sp³-hybridized carbons (Fsp3) is 0.263. The standard InChI is InChI=1S/C19H23N5O3S2/c1-14-5-7-15(8-6-14)18-24-16(13-27-18)12-22-19(20-2)21-9-10-23-29(25,26)17-4-3-11-28-17/h3-8,11,13,23H,9-10,12H2,1-2H3,(H2,20,21,22). The highest BCUT2D eigenvalue weighted by Crippen LogP contribution is 2.19. The first-order valence-electron chi connectivity index (χ1n) is 8.97. The third kappa shape index (κ3) is 5.89. The van der Waals surface area contributed by atoms with E-state index >= 15 is 0 Å². The summed E-state index contributed by atoms with van der Waals surface area (Å²) < 4.78 is 32.5. The number of rotatable bonds is 8. The average Bonchev–Trinajstić information content (AvgIpc) is 3.41. The fourth-order valence-corrected chi connectivity index (χ4v) is 4.53. The number of sulfonamides is 1. The van der Waals surface area contributed by atoms with Crippen LogP contribution in [0.1, 0.15) is 11.3 Å². The zero-order chi connectivity index (χ0) is 20.7. The fourth-order valence-electron chi connectivity index (χ4n) is 2.47. The first-order chi connectivity index (χ1) is 14.0. The smallest absolute Gasteiger partial charge is 0.250 e. The lowest BCUT2D eigenvalue weighted by Gasteiger charge is -2.11. The zero-order valence-corrected chi connectivity index (χ0v) is 17.8. The van der Waals surface area contributed by atoms with Crippen LogP contribution in [0.3, 0.4) is 0 Å². The summed E-state index contributed by atoms with van der Waals surface area (Å²) in [6.45, 7) is 3.08. The Labute approximate surface area is 174 Å². The Morgan fingerprint density at radius 2 is 1.97 bits per heavy atom. The summed E-state index contributed by atoms with van der Waals surface area (Å²) in [4.78, 5) is 8.59. The van der Waals surface area contributed by atoms with E-state index in [1.807, 2.05) is 31.2 Å². The molecule has 3 N–H and O–H groups in total. The summed E-state index contributed by atoms with van der Waals surface area (Å²) in [5.41, 5.74) is 2.83. The van der Waals surface area contributed by atoms with Crippen molar-refractivity contribution in [3.8, 4) is 11.5 Å². The molecule has 2 aromatic heterocycles. The number of guanidine groups is 1. The number of aryl methyl sites for hydroxylation is 1. The lowest BCUT2D eigenvalue weighted by molar-refractivity contribution is 0.572. The monoisotopic (exact) mass is 433 g/mol. The Hall–Kier alpha value is -2.69. The van der Waals surface area contributed by atoms with Gasteiger partial charge in [-0.3, -0.25) is 4.99 Å². The second-order valence-electron chi connectivity index (χ2n) is 6.19. The summed E-state index contributed by atoms with van der Waals surface area (Å²) in [5, 5.41) is 7.91. The maximum atomic E-state index is 12.1. The molecule has 2 heterocycles. The van der Waals surface area contributed by atoms with Gasteiger partial charge < -0.3 is 15.1 Å². The zero-order valence-electron chi connectivity index (χ0n) is 16.2. The van der Waals surface area contributed by atoms with Gasteiger partial charge in [-0.2, -0.15) is 0 Å². The van der Waals surface area contributed by atoms with Gasteiger partial charge in [-0.05, 0) is 30.5 Å². The number of hydrogen-bond donors (Lipinski definition) is 3. The van der Waals surface area contributed by atoms with Crippen molar-refractivity contribution in [2.24, 2.45) is 4.99 Å². The van der Waals surface area contributed by atoms with Gasteiger partial charge in [-0.25, -0.2) is 18.1 Å². The van der Waals surface area contributed by atoms with E-state index < -0.39 is 10.0 Å². The lowest BCUT2D eigenvalue weighted by atomic mass is 10.1. The second-order valence-corrected chi connectivity index (χ2v) is 9.13. The number of aromatic nitrogens is 1. The predicted molar refractivity (Wildman–Crippen MR) is 114 cm³/mol. The second kappa shape index (κ2) is 9.68. The topological polar surface area (TPSA) is 109 Å². The van der Waals surface area contributed by atoms with Gasteiger partial charge in [0.05, 0.1) is 12.2 Å². The molecule has 1 aromatic carbocycles. The molecular weight excluding hydrogens is 410 g/mol. The van der Waals surface area contributed by atoms with Gasteiger partial charge in [-0.1, -0.05) is 23.8 Å². The van der Waals surface area contributed by atoms with Crippen molar-refractivity contribution < 1.29 is 12.8 Å². The number of benzene rings is 1. The Morgan fingerprint density at radius 3 is 2.66 bits per heavy atom. The van der Waals surface area contributed by atoms with Crippen LogP contribution in [0.15, 0.2) is 61.7 Å². The van der Waals surface area contributed by atoms with Crippen molar-refractivity contribution in [2.45, 2.75) is 17.7 Å². The van der Waals surface area contributed by atoms with Crippen molar-refractivity contribution in [3.05, 3.63) is 59.3 Å². The van der Waals surface area contributed by atoms with E-state index in [2.05, 4.69) is 25.3 Å². The normalized spacial score (nSPS) is 12.1. The predicted octanol–water partition coefficient (Wildman–Crippen LogP) is 2.36. The van der Waals surface area contributed by atoms with Crippen LogP contribution < -0.4 is 15.4 Å². The Bertz CT molecular complexity index is 1040. The molecule has 0 bridgehead atoms. The summed E-state index contributed by atoms with van der Waals surface area (Å²) in [5.74, 6) is 1.10. The van der Waals surface area contributed by atoms with Crippen LogP contribution >= 0.6 is 11.3 Å². The maximum Gasteiger partial charge on any atom is 0.250 e. The van der Waals surface area contributed by atoms with E-state index in [9.17, 15) is 8.42 Å². The van der Waals surface area contributed by atoms with Crippen LogP contribution in [0.25, 0.3) is 11.5 Å². The molecule has 154 valence electrons. The van der Waals surface area contributed by atoms with Crippen molar-refractivity contribution in [3.63, 3.8) is 0 Å². The molecule has 29 heavy (non-hydrogen) atoms. The molecule has 0 radical (unpaired) electrons. The Balaban J connectivity index is 1.44. The van der Waals surface area contributed by atoms with E-state index in [-0.39, 0.29) is 6.54 Å². The third-order valence-corrected chi connectivity index (χ3v) is 6.84. The molecule has 0 fully saturated rings. The molecule has 10 heteroatoms. The van der Waals surface area contributed by atoms with E-state index in [1.54, 1.807) is 30.8 Å². The van der Waals surface area contributed by atoms with Gasteiger partial charge in [-0.15, -0.1) is 11.3 Å². The molecule has 0 aliphatic heterocycles. The van der Waals surface area contributed by atoms with Gasteiger partial charge >= 0.3 is 0 Å². The molecule has 0 spiro atoms. The number of nitrogens with one attached hydrogen (secondary N) is 3. The van der Waals surface area contributed by atoms with Gasteiger partial charge in [0.2, 0.25) is 15.9 Å². The lowest BCUT2D eigenvalue weighted by Crippen LogP contribution is -2.41. The first kappa shape index (κ1) is 21.0. The van der Waals surface area contributed by atoms with Gasteiger partial charge in [0.25, 0.3) is 0 Å². The number of thiophene rings is 1. The van der Waals surface area contributed by atoms with E-state index in [0.29, 0.717) is 29.1 Å². The van der Waals surface area contributed by atoms with Crippen LogP contribution in [0.5, 0.6) is 0 Å². The minimum atomic E-state index is -3.46. The highest BCUT2D eigenvalue weighted by atomic mass is 32.2. The molecule has 0 unspecified atom stereocenters. The minimum Gasteiger partial charge on any atom is -0.444 e. The van der Waals surface area contributed by atoms with Crippen LogP contribution in [0, 0.1) is 6.92 Å². The van der Waals surface area contributed by atoms with Crippen molar-refractivity contribution >= 4 is 27.3 Å². The number of aliphatic imine (C=N–C) groups is 1. The third-order valence-electron chi connectivity index (χ3n) is 3.98. The van der Waals surface area contributed by atoms with Crippen LogP contribution in [0.4, 0.5) is 0 Å². The number of oxazole rings is 1. The number of hydrogen-bond acceptors (Lipinski definition) is 6. The summed E-state index contributed by atoms with van der Waals surface area (Å²) in [6, 6.07) is 11.2. The van der Waals surface area contributed by atoms with Crippen molar-refractivity contribution in [2.75, 3.05) is 20.1 Å². The van der Waals surface area contributed by atoms with E-state index in [4.69, 9.17) is 4.42 Å². The molecule has 0 saturated carbocycles. The average molecular weight is 434 g/mol. The van der Waals surface area contributed by atoms with E-state index in [0.717, 1.165) is 11.3 Å². The summed E-state index contributed by atoms with van der Waals surface area (Å²) in [7, 11) is -1.81. The molecular formula is C19H23N5O3S2. The molecule has 0 aliphatic carbocycles. The first-order valence-corrected chi connectivity index (χ1v) is 11.3. The maximum absolute atomic E-state index is 12.1. The van der Waals surface area contributed by atoms with Crippen LogP contribution in [-0.2, 0) is 16.6 Å². The summed E-state index contributed by atoms with van der Waals surface area (Å²) >= 11 is 1.18. The minimum absolute atomic E-state index is 0.239. The van der Waals surface area contributed by atoms with E-state index in [1.165, 1.54) is 16.9 Å². The summed E-state index contributed by atoms with van der Waals surface area (Å²) in [6.07, 6.45) is 1.60. The number of nitrogens with zero attached hydrogens (tertiary/aromatic N) is 2. The van der Waals surface area contributed by atoms with Crippen molar-refractivity contribution in [1.82, 2.24) is 20.3 Å². The molecule has 0 saturated heterocycles. The van der Waals surface area contributed by atoms with Gasteiger partial charge in [0.1, 0.15) is 10.5 Å². The quantitative estimate of drug-likeness (QED) is 0.286. The molecule has 3 aromatic rings. The van der Waals surface area contributed by atoms with Gasteiger partial charge in [0, 0.05) is 25.7 Å². The molecule has 0 aliphatic rings. The molecule has 0 atom stereocenters. The SMILES string of the molecule is CN=C(NCCNS(=O)(=O)c1cccs1)NCc1coc(-c2ccc(C)cc2)n1. The Kier molecular flexibility index (Phi) is 7.02. The van der Waals surface area contributed by atoms with Crippen LogP contribution in [0.2, 0.25) is 0 Å². The van der Waals surface area contributed by atoms with Crippen LogP contribution in [-0.4, -0.2) is 39.5 Å². The molecule has 3 rings (SSSR count). The Morgan fingerprint density at radius 1 is 1.17 bits per heavy atom. The highest BCUT2D eigenvalue weighted by Gasteiger charge is 2.14.